The first-order valence-electron chi connectivity index (χ1n) is 7.09. The zero-order valence-electron chi connectivity index (χ0n) is 11.4. The normalized spacial score (nSPS) is 21.7. The van der Waals surface area contributed by atoms with Crippen molar-refractivity contribution in [3.05, 3.63) is 23.8 Å². The van der Waals surface area contributed by atoms with Crippen molar-refractivity contribution in [1.82, 2.24) is 4.72 Å². The van der Waals surface area contributed by atoms with E-state index in [9.17, 15) is 8.42 Å². The largest absolute Gasteiger partial charge is 0.384 e. The van der Waals surface area contributed by atoms with Crippen LogP contribution in [0.3, 0.4) is 0 Å². The predicted molar refractivity (Wildman–Crippen MR) is 77.4 cm³/mol. The summed E-state index contributed by atoms with van der Waals surface area (Å²) in [6.45, 7) is 2.92. The third-order valence-corrected chi connectivity index (χ3v) is 5.42. The highest BCUT2D eigenvalue weighted by molar-refractivity contribution is 7.89. The Balaban J connectivity index is 1.62. The molecule has 0 radical (unpaired) electrons. The summed E-state index contributed by atoms with van der Waals surface area (Å²) in [6.07, 6.45) is 2.76. The SMILES string of the molecule is O=S(=O)(NCCC1CCOC1)c1ccc2c(c1)CCN2. The Labute approximate surface area is 119 Å². The van der Waals surface area contributed by atoms with E-state index in [-0.39, 0.29) is 0 Å². The highest BCUT2D eigenvalue weighted by Gasteiger charge is 2.20. The molecular weight excluding hydrogens is 276 g/mol. The summed E-state index contributed by atoms with van der Waals surface area (Å²) in [5.74, 6) is 0.488. The minimum atomic E-state index is -3.39. The van der Waals surface area contributed by atoms with Gasteiger partial charge in [0.1, 0.15) is 0 Å². The maximum Gasteiger partial charge on any atom is 0.240 e. The summed E-state index contributed by atoms with van der Waals surface area (Å²) in [7, 11) is -3.39. The van der Waals surface area contributed by atoms with Gasteiger partial charge in [0.25, 0.3) is 0 Å². The molecule has 0 bridgehead atoms. The fraction of sp³-hybridized carbons (Fsp3) is 0.571. The second-order valence-electron chi connectivity index (χ2n) is 5.41. The summed E-state index contributed by atoms with van der Waals surface area (Å²) < 4.78 is 32.5. The average Bonchev–Trinajstić information content (AvgIpc) is 3.08. The summed E-state index contributed by atoms with van der Waals surface area (Å²) in [5, 5.41) is 3.23. The smallest absolute Gasteiger partial charge is 0.240 e. The van der Waals surface area contributed by atoms with E-state index in [2.05, 4.69) is 10.0 Å². The monoisotopic (exact) mass is 296 g/mol. The van der Waals surface area contributed by atoms with Gasteiger partial charge in [-0.1, -0.05) is 0 Å². The van der Waals surface area contributed by atoms with E-state index in [0.717, 1.165) is 50.3 Å². The number of ether oxygens (including phenoxy) is 1. The van der Waals surface area contributed by atoms with E-state index in [1.165, 1.54) is 0 Å². The van der Waals surface area contributed by atoms with Crippen LogP contribution in [0.4, 0.5) is 5.69 Å². The first kappa shape index (κ1) is 13.9. The standard InChI is InChI=1S/C14H20N2O3S/c17-20(18,16-7-3-11-5-8-19-10-11)13-1-2-14-12(9-13)4-6-15-14/h1-2,9,11,15-16H,3-8,10H2. The molecule has 1 unspecified atom stereocenters. The number of benzene rings is 1. The molecule has 3 rings (SSSR count). The Morgan fingerprint density at radius 3 is 3.10 bits per heavy atom. The van der Waals surface area contributed by atoms with Crippen LogP contribution >= 0.6 is 0 Å². The van der Waals surface area contributed by atoms with Gasteiger partial charge in [-0.25, -0.2) is 13.1 Å². The van der Waals surface area contributed by atoms with Gasteiger partial charge in [0.2, 0.25) is 10.0 Å². The van der Waals surface area contributed by atoms with Crippen molar-refractivity contribution in [2.75, 3.05) is 31.6 Å². The van der Waals surface area contributed by atoms with Gasteiger partial charge in [-0.3, -0.25) is 0 Å². The highest BCUT2D eigenvalue weighted by atomic mass is 32.2. The topological polar surface area (TPSA) is 67.4 Å². The fourth-order valence-electron chi connectivity index (χ4n) is 2.74. The zero-order valence-corrected chi connectivity index (χ0v) is 12.2. The molecule has 1 aromatic rings. The Bertz CT molecular complexity index is 580. The van der Waals surface area contributed by atoms with Crippen molar-refractivity contribution >= 4 is 15.7 Å². The lowest BCUT2D eigenvalue weighted by atomic mass is 10.1. The average molecular weight is 296 g/mol. The number of hydrogen-bond acceptors (Lipinski definition) is 4. The number of hydrogen-bond donors (Lipinski definition) is 2. The van der Waals surface area contributed by atoms with Crippen molar-refractivity contribution in [2.24, 2.45) is 5.92 Å². The molecule has 110 valence electrons. The fourth-order valence-corrected chi connectivity index (χ4v) is 3.84. The van der Waals surface area contributed by atoms with Crippen LogP contribution in [0.5, 0.6) is 0 Å². The first-order valence-corrected chi connectivity index (χ1v) is 8.58. The maximum absolute atomic E-state index is 12.2. The summed E-state index contributed by atoms with van der Waals surface area (Å²) in [6, 6.07) is 5.29. The lowest BCUT2D eigenvalue weighted by Gasteiger charge is -2.10. The number of anilines is 1. The number of rotatable bonds is 5. The van der Waals surface area contributed by atoms with Crippen molar-refractivity contribution in [3.8, 4) is 0 Å². The van der Waals surface area contributed by atoms with Crippen LogP contribution in [0.1, 0.15) is 18.4 Å². The maximum atomic E-state index is 12.2. The third-order valence-electron chi connectivity index (χ3n) is 3.97. The van der Waals surface area contributed by atoms with E-state index in [0.29, 0.717) is 17.4 Å². The number of fused-ring (bicyclic) bond motifs is 1. The summed E-state index contributed by atoms with van der Waals surface area (Å²) in [4.78, 5) is 0.364. The Morgan fingerprint density at radius 2 is 2.30 bits per heavy atom. The molecule has 1 aromatic carbocycles. The molecule has 2 aliphatic heterocycles. The van der Waals surface area contributed by atoms with Crippen molar-refractivity contribution in [1.29, 1.82) is 0 Å². The molecule has 0 saturated carbocycles. The molecule has 0 aromatic heterocycles. The van der Waals surface area contributed by atoms with Gasteiger partial charge in [-0.05, 0) is 48.9 Å². The van der Waals surface area contributed by atoms with Gasteiger partial charge in [0, 0.05) is 32.0 Å². The molecular formula is C14H20N2O3S. The van der Waals surface area contributed by atoms with Crippen LogP contribution < -0.4 is 10.0 Å². The van der Waals surface area contributed by atoms with Gasteiger partial charge in [0.05, 0.1) is 4.90 Å². The Hall–Kier alpha value is -1.11. The first-order chi connectivity index (χ1) is 9.65. The quantitative estimate of drug-likeness (QED) is 0.861. The molecule has 0 aliphatic carbocycles. The van der Waals surface area contributed by atoms with Crippen LogP contribution in [0.15, 0.2) is 23.1 Å². The van der Waals surface area contributed by atoms with Gasteiger partial charge < -0.3 is 10.1 Å². The molecule has 6 heteroatoms. The van der Waals surface area contributed by atoms with E-state index in [4.69, 9.17) is 4.74 Å². The van der Waals surface area contributed by atoms with E-state index < -0.39 is 10.0 Å². The van der Waals surface area contributed by atoms with Crippen LogP contribution in [0, 0.1) is 5.92 Å². The van der Waals surface area contributed by atoms with Crippen LogP contribution in [-0.2, 0) is 21.2 Å². The molecule has 2 heterocycles. The van der Waals surface area contributed by atoms with E-state index in [1.807, 2.05) is 6.07 Å². The molecule has 2 aliphatic rings. The molecule has 1 saturated heterocycles. The van der Waals surface area contributed by atoms with Gasteiger partial charge in [-0.2, -0.15) is 0 Å². The lowest BCUT2D eigenvalue weighted by molar-refractivity contribution is 0.184. The van der Waals surface area contributed by atoms with Crippen molar-refractivity contribution in [3.63, 3.8) is 0 Å². The molecule has 0 amide bonds. The van der Waals surface area contributed by atoms with Gasteiger partial charge >= 0.3 is 0 Å². The second kappa shape index (κ2) is 5.71. The highest BCUT2D eigenvalue weighted by Crippen LogP contribution is 2.25. The Kier molecular flexibility index (Phi) is 3.96. The summed E-state index contributed by atoms with van der Waals surface area (Å²) in [5.41, 5.74) is 2.13. The molecule has 0 spiro atoms. The number of sulfonamides is 1. The van der Waals surface area contributed by atoms with Crippen molar-refractivity contribution in [2.45, 2.75) is 24.2 Å². The van der Waals surface area contributed by atoms with E-state index >= 15 is 0 Å². The molecule has 5 nitrogen and oxygen atoms in total. The third kappa shape index (κ3) is 2.97. The second-order valence-corrected chi connectivity index (χ2v) is 7.18. The van der Waals surface area contributed by atoms with Crippen LogP contribution in [0.2, 0.25) is 0 Å². The summed E-state index contributed by atoms with van der Waals surface area (Å²) >= 11 is 0. The minimum absolute atomic E-state index is 0.364. The molecule has 1 fully saturated rings. The van der Waals surface area contributed by atoms with Gasteiger partial charge in [0.15, 0.2) is 0 Å². The predicted octanol–water partition coefficient (Wildman–Crippen LogP) is 1.36. The minimum Gasteiger partial charge on any atom is -0.384 e. The lowest BCUT2D eigenvalue weighted by Crippen LogP contribution is -2.26. The van der Waals surface area contributed by atoms with Crippen LogP contribution in [-0.4, -0.2) is 34.7 Å². The van der Waals surface area contributed by atoms with E-state index in [1.54, 1.807) is 12.1 Å². The molecule has 20 heavy (non-hydrogen) atoms. The van der Waals surface area contributed by atoms with Crippen molar-refractivity contribution < 1.29 is 13.2 Å². The van der Waals surface area contributed by atoms with Gasteiger partial charge in [-0.15, -0.1) is 0 Å². The molecule has 2 N–H and O–H groups in total. The zero-order chi connectivity index (χ0) is 14.0. The van der Waals surface area contributed by atoms with Crippen LogP contribution in [0.25, 0.3) is 0 Å². The number of nitrogens with one attached hydrogen (secondary N) is 2. The molecule has 1 atom stereocenters. The Morgan fingerprint density at radius 1 is 1.40 bits per heavy atom.